The van der Waals surface area contributed by atoms with Gasteiger partial charge in [-0.15, -0.1) is 0 Å². The lowest BCUT2D eigenvalue weighted by Gasteiger charge is -2.22. The molecule has 0 unspecified atom stereocenters. The second-order valence-corrected chi connectivity index (χ2v) is 9.50. The minimum Gasteiger partial charge on any atom is -0.0649 e. The maximum absolute atomic E-state index is 2.50. The quantitative estimate of drug-likeness (QED) is 0.366. The molecule has 1 saturated carbocycles. The summed E-state index contributed by atoms with van der Waals surface area (Å²) in [5, 5.41) is 0. The molecule has 0 aromatic heterocycles. The molecule has 0 heteroatoms. The predicted octanol–water partition coefficient (Wildman–Crippen LogP) is 7.66. The summed E-state index contributed by atoms with van der Waals surface area (Å²) in [7, 11) is 0. The van der Waals surface area contributed by atoms with Gasteiger partial charge in [-0.1, -0.05) is 65.2 Å². The fraction of sp³-hybridized carbons (Fsp3) is 0.750. The van der Waals surface area contributed by atoms with Gasteiger partial charge in [0.1, 0.15) is 0 Å². The normalized spacial score (nSPS) is 16.4. The van der Waals surface area contributed by atoms with Crippen molar-refractivity contribution >= 4 is 0 Å². The van der Waals surface area contributed by atoms with Crippen LogP contribution in [0.15, 0.2) is 18.2 Å². The summed E-state index contributed by atoms with van der Waals surface area (Å²) in [6.07, 6.45) is 15.0. The van der Waals surface area contributed by atoms with E-state index in [9.17, 15) is 0 Å². The first-order valence-electron chi connectivity index (χ1n) is 10.4. The van der Waals surface area contributed by atoms with E-state index in [1.807, 2.05) is 0 Å². The van der Waals surface area contributed by atoms with Gasteiger partial charge in [0.15, 0.2) is 0 Å². The number of benzene rings is 1. The van der Waals surface area contributed by atoms with Crippen LogP contribution in [0.3, 0.4) is 0 Å². The maximum Gasteiger partial charge on any atom is -0.0276 e. The zero-order valence-corrected chi connectivity index (χ0v) is 17.0. The molecule has 1 aliphatic rings. The first-order valence-corrected chi connectivity index (χ1v) is 10.4. The Morgan fingerprint density at radius 2 is 1.71 bits per heavy atom. The summed E-state index contributed by atoms with van der Waals surface area (Å²) in [5.74, 6) is 0. The lowest BCUT2D eigenvalue weighted by atomic mass is 9.84. The Morgan fingerprint density at radius 1 is 1.00 bits per heavy atom. The lowest BCUT2D eigenvalue weighted by molar-refractivity contribution is 0.309. The van der Waals surface area contributed by atoms with Crippen molar-refractivity contribution in [1.82, 2.24) is 0 Å². The van der Waals surface area contributed by atoms with Crippen LogP contribution in [0.1, 0.15) is 102 Å². The number of hydrogen-bond donors (Lipinski definition) is 0. The molecule has 136 valence electrons. The van der Waals surface area contributed by atoms with E-state index >= 15 is 0 Å². The second kappa shape index (κ2) is 8.54. The predicted molar refractivity (Wildman–Crippen MR) is 108 cm³/mol. The molecule has 24 heavy (non-hydrogen) atoms. The zero-order valence-electron chi connectivity index (χ0n) is 17.0. The van der Waals surface area contributed by atoms with Gasteiger partial charge >= 0.3 is 0 Å². The van der Waals surface area contributed by atoms with E-state index < -0.39 is 0 Å². The molecule has 0 atom stereocenters. The highest BCUT2D eigenvalue weighted by Crippen LogP contribution is 2.49. The summed E-state index contributed by atoms with van der Waals surface area (Å²) in [6.45, 7) is 11.9. The fourth-order valence-corrected chi connectivity index (χ4v) is 3.59. The lowest BCUT2D eigenvalue weighted by Crippen LogP contribution is -2.09. The van der Waals surface area contributed by atoms with E-state index in [0.717, 1.165) is 5.41 Å². The first kappa shape index (κ1) is 19.5. The summed E-state index contributed by atoms with van der Waals surface area (Å²) >= 11 is 0. The third-order valence-corrected chi connectivity index (χ3v) is 6.52. The van der Waals surface area contributed by atoms with Gasteiger partial charge in [-0.2, -0.15) is 0 Å². The van der Waals surface area contributed by atoms with Crippen molar-refractivity contribution in [3.63, 3.8) is 0 Å². The van der Waals surface area contributed by atoms with Crippen LogP contribution >= 0.6 is 0 Å². The largest absolute Gasteiger partial charge is 0.0649 e. The van der Waals surface area contributed by atoms with E-state index in [2.05, 4.69) is 52.8 Å². The summed E-state index contributed by atoms with van der Waals surface area (Å²) in [5.41, 5.74) is 5.89. The highest BCUT2D eigenvalue weighted by atomic mass is 14.4. The fourth-order valence-electron chi connectivity index (χ4n) is 3.59. The van der Waals surface area contributed by atoms with Gasteiger partial charge in [-0.05, 0) is 85.8 Å². The van der Waals surface area contributed by atoms with Crippen molar-refractivity contribution in [3.05, 3.63) is 34.9 Å². The Bertz CT molecular complexity index is 505. The molecule has 0 N–H and O–H groups in total. The van der Waals surface area contributed by atoms with Crippen LogP contribution in [0.2, 0.25) is 0 Å². The molecule has 0 saturated heterocycles. The molecule has 0 radical (unpaired) electrons. The van der Waals surface area contributed by atoms with Gasteiger partial charge in [-0.3, -0.25) is 0 Å². The number of aryl methyl sites for hydroxylation is 3. The van der Waals surface area contributed by atoms with Gasteiger partial charge in [0.25, 0.3) is 0 Å². The molecule has 0 bridgehead atoms. The monoisotopic (exact) mass is 328 g/mol. The van der Waals surface area contributed by atoms with Crippen LogP contribution in [-0.4, -0.2) is 0 Å². The van der Waals surface area contributed by atoms with Crippen LogP contribution in [0.25, 0.3) is 0 Å². The smallest absolute Gasteiger partial charge is 0.0276 e. The van der Waals surface area contributed by atoms with Crippen LogP contribution in [0.4, 0.5) is 0 Å². The average Bonchev–Trinajstić information content (AvgIpc) is 3.28. The molecule has 1 aliphatic carbocycles. The van der Waals surface area contributed by atoms with Gasteiger partial charge in [0, 0.05) is 0 Å². The van der Waals surface area contributed by atoms with Gasteiger partial charge in [0.2, 0.25) is 0 Å². The molecule has 1 aromatic rings. The molecule has 0 heterocycles. The molecule has 0 spiro atoms. The van der Waals surface area contributed by atoms with Gasteiger partial charge < -0.3 is 0 Å². The number of unbranched alkanes of at least 4 members (excludes halogenated alkanes) is 2. The SMILES string of the molecule is CCC(C)(C)CCCCc1ccc(C)c(CCCCC2(C)CC2)c1. The van der Waals surface area contributed by atoms with E-state index in [0.29, 0.717) is 5.41 Å². The van der Waals surface area contributed by atoms with E-state index in [1.54, 1.807) is 11.1 Å². The highest BCUT2D eigenvalue weighted by Gasteiger charge is 2.35. The van der Waals surface area contributed by atoms with Crippen molar-refractivity contribution in [2.75, 3.05) is 0 Å². The minimum atomic E-state index is 0.524. The summed E-state index contributed by atoms with van der Waals surface area (Å²) < 4.78 is 0. The minimum absolute atomic E-state index is 0.524. The van der Waals surface area contributed by atoms with E-state index in [4.69, 9.17) is 0 Å². The number of rotatable bonds is 11. The van der Waals surface area contributed by atoms with Crippen molar-refractivity contribution in [2.45, 2.75) is 105 Å². The van der Waals surface area contributed by atoms with Crippen LogP contribution in [-0.2, 0) is 12.8 Å². The Balaban J connectivity index is 1.73. The summed E-state index contributed by atoms with van der Waals surface area (Å²) in [4.78, 5) is 0. The molecule has 1 aromatic carbocycles. The first-order chi connectivity index (χ1) is 11.3. The van der Waals surface area contributed by atoms with Gasteiger partial charge in [0.05, 0.1) is 0 Å². The summed E-state index contributed by atoms with van der Waals surface area (Å²) in [6, 6.07) is 7.21. The molecule has 2 rings (SSSR count). The Hall–Kier alpha value is -0.780. The van der Waals surface area contributed by atoms with Crippen LogP contribution in [0.5, 0.6) is 0 Å². The zero-order chi connectivity index (χ0) is 17.6. The van der Waals surface area contributed by atoms with Crippen molar-refractivity contribution in [3.8, 4) is 0 Å². The van der Waals surface area contributed by atoms with Crippen LogP contribution in [0, 0.1) is 17.8 Å². The highest BCUT2D eigenvalue weighted by molar-refractivity contribution is 5.31. The topological polar surface area (TPSA) is 0 Å². The molecule has 1 fully saturated rings. The van der Waals surface area contributed by atoms with Crippen LogP contribution < -0.4 is 0 Å². The number of hydrogen-bond acceptors (Lipinski definition) is 0. The molecule has 0 nitrogen and oxygen atoms in total. The third kappa shape index (κ3) is 6.61. The van der Waals surface area contributed by atoms with Gasteiger partial charge in [-0.25, -0.2) is 0 Å². The Morgan fingerprint density at radius 3 is 2.38 bits per heavy atom. The maximum atomic E-state index is 2.50. The third-order valence-electron chi connectivity index (χ3n) is 6.52. The average molecular weight is 329 g/mol. The molecular formula is C24H40. The second-order valence-electron chi connectivity index (χ2n) is 9.50. The standard InChI is InChI=1S/C24H40/c1-6-23(3,4)15-9-7-11-21-14-13-20(2)22(19-21)12-8-10-16-24(5)17-18-24/h13-14,19H,6-12,15-18H2,1-5H3. The molecular weight excluding hydrogens is 288 g/mol. The van der Waals surface area contributed by atoms with Crippen molar-refractivity contribution < 1.29 is 0 Å². The molecule has 0 aliphatic heterocycles. The Labute approximate surface area is 151 Å². The van der Waals surface area contributed by atoms with Crippen molar-refractivity contribution in [2.24, 2.45) is 10.8 Å². The van der Waals surface area contributed by atoms with Crippen molar-refractivity contribution in [1.29, 1.82) is 0 Å². The van der Waals surface area contributed by atoms with E-state index in [1.165, 1.54) is 76.2 Å². The molecule has 0 amide bonds. The Kier molecular flexibility index (Phi) is 6.96. The van der Waals surface area contributed by atoms with E-state index in [-0.39, 0.29) is 0 Å².